The van der Waals surface area contributed by atoms with Crippen molar-refractivity contribution in [1.29, 1.82) is 0 Å². The highest BCUT2D eigenvalue weighted by atomic mass is 16.5. The van der Waals surface area contributed by atoms with Crippen LogP contribution in [0.2, 0.25) is 0 Å². The Hall–Kier alpha value is -2.98. The summed E-state index contributed by atoms with van der Waals surface area (Å²) in [7, 11) is 0. The van der Waals surface area contributed by atoms with E-state index >= 15 is 0 Å². The fraction of sp³-hybridized carbons (Fsp3) is 0.333. The summed E-state index contributed by atoms with van der Waals surface area (Å²) in [5, 5.41) is 19.7. The van der Waals surface area contributed by atoms with Gasteiger partial charge in [-0.1, -0.05) is 42.5 Å². The van der Waals surface area contributed by atoms with Crippen LogP contribution < -0.4 is 4.74 Å². The number of likely N-dealkylation sites (tertiary alicyclic amines) is 1. The van der Waals surface area contributed by atoms with Crippen LogP contribution in [0.1, 0.15) is 46.9 Å². The van der Waals surface area contributed by atoms with E-state index in [2.05, 4.69) is 29.2 Å². The third kappa shape index (κ3) is 4.26. The highest BCUT2D eigenvalue weighted by Gasteiger charge is 2.33. The molecule has 2 aliphatic rings. The van der Waals surface area contributed by atoms with Gasteiger partial charge in [-0.25, -0.2) is 0 Å². The number of fused-ring (bicyclic) bond motifs is 1. The minimum absolute atomic E-state index is 0.126. The third-order valence-corrected chi connectivity index (χ3v) is 6.73. The van der Waals surface area contributed by atoms with Crippen molar-refractivity contribution in [2.24, 2.45) is 0 Å². The minimum Gasteiger partial charge on any atom is -0.508 e. The highest BCUT2D eigenvalue weighted by molar-refractivity contribution is 5.50. The molecule has 0 unspecified atom stereocenters. The van der Waals surface area contributed by atoms with Crippen molar-refractivity contribution >= 4 is 0 Å². The number of hydrogen-bond acceptors (Lipinski definition) is 4. The molecule has 2 N–H and O–H groups in total. The lowest BCUT2D eigenvalue weighted by molar-refractivity contribution is 0.247. The van der Waals surface area contributed by atoms with E-state index in [1.807, 2.05) is 18.2 Å². The zero-order valence-corrected chi connectivity index (χ0v) is 17.7. The highest BCUT2D eigenvalue weighted by Crippen LogP contribution is 2.47. The van der Waals surface area contributed by atoms with Gasteiger partial charge in [0.15, 0.2) is 0 Å². The molecule has 1 saturated heterocycles. The maximum atomic E-state index is 9.93. The van der Waals surface area contributed by atoms with Crippen LogP contribution in [-0.4, -0.2) is 41.4 Å². The van der Waals surface area contributed by atoms with Gasteiger partial charge in [-0.05, 0) is 67.2 Å². The lowest BCUT2D eigenvalue weighted by Crippen LogP contribution is -2.25. The summed E-state index contributed by atoms with van der Waals surface area (Å²) in [5.74, 6) is 1.50. The number of phenolic OH excluding ortho intramolecular Hbond substituents is 2. The summed E-state index contributed by atoms with van der Waals surface area (Å²) in [6.45, 7) is 4.13. The first-order valence-electron chi connectivity index (χ1n) is 11.2. The first-order chi connectivity index (χ1) is 15.2. The van der Waals surface area contributed by atoms with Crippen molar-refractivity contribution < 1.29 is 14.9 Å². The molecule has 0 radical (unpaired) electrons. The van der Waals surface area contributed by atoms with E-state index in [1.165, 1.54) is 37.1 Å². The van der Waals surface area contributed by atoms with Crippen LogP contribution in [0.5, 0.6) is 17.2 Å². The number of ether oxygens (including phenoxy) is 1. The zero-order valence-electron chi connectivity index (χ0n) is 17.7. The van der Waals surface area contributed by atoms with E-state index < -0.39 is 0 Å². The van der Waals surface area contributed by atoms with Gasteiger partial charge in [0, 0.05) is 30.0 Å². The fourth-order valence-corrected chi connectivity index (χ4v) is 5.00. The number of phenols is 2. The molecule has 5 rings (SSSR count). The van der Waals surface area contributed by atoms with Gasteiger partial charge in [0.2, 0.25) is 0 Å². The maximum absolute atomic E-state index is 9.93. The van der Waals surface area contributed by atoms with E-state index in [-0.39, 0.29) is 23.3 Å². The summed E-state index contributed by atoms with van der Waals surface area (Å²) in [6.07, 6.45) is 3.74. The first-order valence-corrected chi connectivity index (χ1v) is 11.2. The van der Waals surface area contributed by atoms with Crippen LogP contribution in [0.25, 0.3) is 0 Å². The molecule has 0 aromatic heterocycles. The van der Waals surface area contributed by atoms with Crippen molar-refractivity contribution in [2.45, 2.75) is 31.1 Å². The molecule has 4 heteroatoms. The SMILES string of the molecule is Oc1ccc([C@H]2COc3cc(O)ccc3[C@H]2c2ccc(CCN3CCCC3)cc2)cc1. The van der Waals surface area contributed by atoms with Gasteiger partial charge in [0.05, 0.1) is 6.61 Å². The molecule has 0 aliphatic carbocycles. The number of hydrogen-bond donors (Lipinski definition) is 2. The fourth-order valence-electron chi connectivity index (χ4n) is 5.00. The molecule has 3 aromatic carbocycles. The van der Waals surface area contributed by atoms with Crippen LogP contribution >= 0.6 is 0 Å². The molecule has 2 atom stereocenters. The standard InChI is InChI=1S/C27H29NO3/c29-22-9-7-20(8-10-22)25-18-31-26-17-23(30)11-12-24(26)27(25)21-5-3-19(4-6-21)13-16-28-14-1-2-15-28/h3-12,17,25,27,29-30H,1-2,13-16,18H2/t25-,27-/m1/s1. The molecule has 0 saturated carbocycles. The van der Waals surface area contributed by atoms with Crippen molar-refractivity contribution in [1.82, 2.24) is 4.90 Å². The molecule has 0 bridgehead atoms. The Morgan fingerprint density at radius 2 is 1.48 bits per heavy atom. The van der Waals surface area contributed by atoms with Gasteiger partial charge < -0.3 is 19.8 Å². The molecule has 3 aromatic rings. The van der Waals surface area contributed by atoms with Gasteiger partial charge >= 0.3 is 0 Å². The van der Waals surface area contributed by atoms with Gasteiger partial charge in [0.1, 0.15) is 17.2 Å². The van der Waals surface area contributed by atoms with E-state index in [1.54, 1.807) is 24.3 Å². The first kappa shape index (κ1) is 20.0. The Bertz CT molecular complexity index is 1020. The second kappa shape index (κ2) is 8.64. The average molecular weight is 416 g/mol. The largest absolute Gasteiger partial charge is 0.508 e. The quantitative estimate of drug-likeness (QED) is 0.613. The third-order valence-electron chi connectivity index (χ3n) is 6.73. The molecule has 1 fully saturated rings. The Morgan fingerprint density at radius 1 is 0.806 bits per heavy atom. The van der Waals surface area contributed by atoms with Crippen LogP contribution in [0.4, 0.5) is 0 Å². The summed E-state index contributed by atoms with van der Waals surface area (Å²) in [4.78, 5) is 2.55. The number of benzene rings is 3. The second-order valence-electron chi connectivity index (χ2n) is 8.75. The lowest BCUT2D eigenvalue weighted by atomic mass is 9.75. The zero-order chi connectivity index (χ0) is 21.2. The Labute approximate surface area is 183 Å². The molecule has 0 spiro atoms. The van der Waals surface area contributed by atoms with E-state index in [9.17, 15) is 10.2 Å². The Kier molecular flexibility index (Phi) is 5.56. The van der Waals surface area contributed by atoms with Gasteiger partial charge in [-0.15, -0.1) is 0 Å². The predicted octanol–water partition coefficient (Wildman–Crippen LogP) is 5.04. The van der Waals surface area contributed by atoms with Gasteiger partial charge in [0.25, 0.3) is 0 Å². The van der Waals surface area contributed by atoms with Crippen molar-refractivity contribution in [2.75, 3.05) is 26.2 Å². The van der Waals surface area contributed by atoms with Crippen LogP contribution in [0.15, 0.2) is 66.7 Å². The van der Waals surface area contributed by atoms with Crippen LogP contribution in [0.3, 0.4) is 0 Å². The number of rotatable bonds is 5. The monoisotopic (exact) mass is 415 g/mol. The average Bonchev–Trinajstić information content (AvgIpc) is 3.32. The molecular weight excluding hydrogens is 386 g/mol. The lowest BCUT2D eigenvalue weighted by Gasteiger charge is -2.34. The number of nitrogens with zero attached hydrogens (tertiary/aromatic N) is 1. The topological polar surface area (TPSA) is 52.9 Å². The maximum Gasteiger partial charge on any atom is 0.126 e. The van der Waals surface area contributed by atoms with E-state index in [4.69, 9.17) is 4.74 Å². The van der Waals surface area contributed by atoms with Crippen molar-refractivity contribution in [3.8, 4) is 17.2 Å². The molecule has 2 heterocycles. The van der Waals surface area contributed by atoms with Crippen LogP contribution in [0, 0.1) is 0 Å². The molecule has 31 heavy (non-hydrogen) atoms. The molecule has 2 aliphatic heterocycles. The molecular formula is C27H29NO3. The smallest absolute Gasteiger partial charge is 0.126 e. The van der Waals surface area contributed by atoms with E-state index in [0.29, 0.717) is 6.61 Å². The summed E-state index contributed by atoms with van der Waals surface area (Å²) in [6, 6.07) is 21.9. The summed E-state index contributed by atoms with van der Waals surface area (Å²) < 4.78 is 6.04. The van der Waals surface area contributed by atoms with E-state index in [0.717, 1.165) is 29.8 Å². The normalized spacial score (nSPS) is 20.9. The Morgan fingerprint density at radius 3 is 2.23 bits per heavy atom. The molecule has 4 nitrogen and oxygen atoms in total. The minimum atomic E-state index is 0.126. The number of aromatic hydroxyl groups is 2. The summed E-state index contributed by atoms with van der Waals surface area (Å²) >= 11 is 0. The van der Waals surface area contributed by atoms with Crippen molar-refractivity contribution in [3.05, 3.63) is 89.0 Å². The predicted molar refractivity (Wildman–Crippen MR) is 122 cm³/mol. The van der Waals surface area contributed by atoms with Crippen LogP contribution in [-0.2, 0) is 6.42 Å². The molecule has 0 amide bonds. The second-order valence-corrected chi connectivity index (χ2v) is 8.75. The van der Waals surface area contributed by atoms with Gasteiger partial charge in [-0.2, -0.15) is 0 Å². The van der Waals surface area contributed by atoms with Gasteiger partial charge in [-0.3, -0.25) is 0 Å². The molecule has 160 valence electrons. The Balaban J connectivity index is 1.44. The van der Waals surface area contributed by atoms with Crippen molar-refractivity contribution in [3.63, 3.8) is 0 Å². The summed E-state index contributed by atoms with van der Waals surface area (Å²) in [5.41, 5.74) is 4.85.